The Bertz CT molecular complexity index is 726. The lowest BCUT2D eigenvalue weighted by atomic mass is 10.1. The van der Waals surface area contributed by atoms with Crippen LogP contribution in [0.25, 0.3) is 10.9 Å². The molecule has 0 atom stereocenters. The van der Waals surface area contributed by atoms with Gasteiger partial charge >= 0.3 is 6.09 Å². The smallest absolute Gasteiger partial charge is 0.410 e. The number of aromatic nitrogens is 2. The maximum atomic E-state index is 12.0. The summed E-state index contributed by atoms with van der Waals surface area (Å²) in [5.41, 5.74) is 2.69. The number of rotatable bonds is 2. The van der Waals surface area contributed by atoms with Crippen molar-refractivity contribution in [3.05, 3.63) is 24.2 Å². The summed E-state index contributed by atoms with van der Waals surface area (Å²) in [5, 5.41) is 1.16. The molecule has 23 heavy (non-hydrogen) atoms. The van der Waals surface area contributed by atoms with Crippen LogP contribution in [0.5, 0.6) is 0 Å². The van der Waals surface area contributed by atoms with Gasteiger partial charge in [0.2, 0.25) is 0 Å². The minimum atomic E-state index is -0.452. The molecule has 6 nitrogen and oxygen atoms in total. The Morgan fingerprint density at radius 3 is 2.78 bits per heavy atom. The van der Waals surface area contributed by atoms with E-state index in [-0.39, 0.29) is 12.1 Å². The van der Waals surface area contributed by atoms with Gasteiger partial charge in [-0.05, 0) is 33.8 Å². The van der Waals surface area contributed by atoms with Crippen molar-refractivity contribution in [2.75, 3.05) is 25.0 Å². The molecule has 1 fully saturated rings. The molecule has 0 spiro atoms. The average Bonchev–Trinajstić information content (AvgIpc) is 2.84. The number of ether oxygens (including phenoxy) is 1. The van der Waals surface area contributed by atoms with Gasteiger partial charge in [-0.3, -0.25) is 4.98 Å². The van der Waals surface area contributed by atoms with E-state index < -0.39 is 5.60 Å². The summed E-state index contributed by atoms with van der Waals surface area (Å²) in [4.78, 5) is 23.7. The van der Waals surface area contributed by atoms with Crippen molar-refractivity contribution >= 4 is 22.7 Å². The second-order valence-electron chi connectivity index (χ2n) is 7.15. The van der Waals surface area contributed by atoms with Gasteiger partial charge in [0.1, 0.15) is 5.60 Å². The van der Waals surface area contributed by atoms with E-state index in [4.69, 9.17) is 4.74 Å². The molecule has 0 aliphatic carbocycles. The highest BCUT2D eigenvalue weighted by molar-refractivity contribution is 5.93. The van der Waals surface area contributed by atoms with Crippen LogP contribution in [-0.2, 0) is 4.74 Å². The lowest BCUT2D eigenvalue weighted by Gasteiger charge is -2.44. The molecule has 0 saturated carbocycles. The molecular formula is C17H24N4O2. The predicted octanol–water partition coefficient (Wildman–Crippen LogP) is 2.93. The summed E-state index contributed by atoms with van der Waals surface area (Å²) in [5.74, 6) is 0. The molecular weight excluding hydrogens is 292 g/mol. The van der Waals surface area contributed by atoms with Crippen molar-refractivity contribution in [3.8, 4) is 0 Å². The highest BCUT2D eigenvalue weighted by atomic mass is 16.6. The maximum Gasteiger partial charge on any atom is 0.410 e. The monoisotopic (exact) mass is 316 g/mol. The first-order valence-electron chi connectivity index (χ1n) is 7.90. The van der Waals surface area contributed by atoms with E-state index in [1.54, 1.807) is 4.90 Å². The first-order chi connectivity index (χ1) is 10.8. The van der Waals surface area contributed by atoms with Crippen molar-refractivity contribution in [1.82, 2.24) is 14.9 Å². The van der Waals surface area contributed by atoms with E-state index in [9.17, 15) is 4.79 Å². The summed E-state index contributed by atoms with van der Waals surface area (Å²) in [6.07, 6.45) is 3.60. The molecule has 2 aromatic heterocycles. The molecule has 1 saturated heterocycles. The second-order valence-corrected chi connectivity index (χ2v) is 7.15. The zero-order chi connectivity index (χ0) is 16.8. The Morgan fingerprint density at radius 2 is 2.13 bits per heavy atom. The van der Waals surface area contributed by atoms with Crippen LogP contribution in [0.4, 0.5) is 10.5 Å². The van der Waals surface area contributed by atoms with E-state index in [0.717, 1.165) is 22.3 Å². The summed E-state index contributed by atoms with van der Waals surface area (Å²) in [6, 6.07) is 2.35. The van der Waals surface area contributed by atoms with Crippen LogP contribution in [0.15, 0.2) is 18.5 Å². The fraction of sp³-hybridized carbons (Fsp3) is 0.529. The van der Waals surface area contributed by atoms with Crippen LogP contribution >= 0.6 is 0 Å². The molecule has 2 aromatic rings. The molecule has 1 aliphatic rings. The van der Waals surface area contributed by atoms with Gasteiger partial charge in [-0.1, -0.05) is 0 Å². The highest BCUT2D eigenvalue weighted by Crippen LogP contribution is 2.30. The number of pyridine rings is 1. The molecule has 3 heterocycles. The maximum absolute atomic E-state index is 12.0. The van der Waals surface area contributed by atoms with Crippen LogP contribution in [-0.4, -0.2) is 52.7 Å². The molecule has 124 valence electrons. The summed E-state index contributed by atoms with van der Waals surface area (Å²) >= 11 is 0. The van der Waals surface area contributed by atoms with Gasteiger partial charge in [-0.2, -0.15) is 0 Å². The third-order valence-corrected chi connectivity index (χ3v) is 4.21. The quantitative estimate of drug-likeness (QED) is 0.925. The van der Waals surface area contributed by atoms with Crippen molar-refractivity contribution in [2.24, 2.45) is 0 Å². The third-order valence-electron chi connectivity index (χ3n) is 4.21. The minimum Gasteiger partial charge on any atom is -0.444 e. The summed E-state index contributed by atoms with van der Waals surface area (Å²) in [6.45, 7) is 8.99. The van der Waals surface area contributed by atoms with E-state index in [2.05, 4.69) is 28.0 Å². The molecule has 1 N–H and O–H groups in total. The molecule has 0 unspecified atom stereocenters. The van der Waals surface area contributed by atoms with E-state index in [1.807, 2.05) is 40.1 Å². The summed E-state index contributed by atoms with van der Waals surface area (Å²) < 4.78 is 5.40. The lowest BCUT2D eigenvalue weighted by molar-refractivity contribution is 0.00853. The Hall–Kier alpha value is -2.24. The van der Waals surface area contributed by atoms with Crippen LogP contribution < -0.4 is 4.90 Å². The normalized spacial score (nSPS) is 15.6. The number of nitrogens with zero attached hydrogens (tertiary/aromatic N) is 3. The third kappa shape index (κ3) is 2.98. The standard InChI is InChI=1S/C17H24N4O2/c1-11-15-13(6-7-18-15)14(8-19-11)20(5)12-9-21(10-12)16(22)23-17(2,3)4/h6-8,12,18H,9-10H2,1-5H3. The molecule has 6 heteroatoms. The SMILES string of the molecule is Cc1ncc(N(C)C2CN(C(=O)OC(C)(C)C)C2)c2cc[nH]c12. The van der Waals surface area contributed by atoms with Crippen molar-refractivity contribution < 1.29 is 9.53 Å². The topological polar surface area (TPSA) is 61.5 Å². The minimum absolute atomic E-state index is 0.240. The average molecular weight is 316 g/mol. The van der Waals surface area contributed by atoms with Gasteiger partial charge in [0, 0.05) is 31.7 Å². The summed E-state index contributed by atoms with van der Waals surface area (Å²) in [7, 11) is 2.05. The van der Waals surface area contributed by atoms with E-state index >= 15 is 0 Å². The fourth-order valence-electron chi connectivity index (χ4n) is 2.83. The van der Waals surface area contributed by atoms with Gasteiger partial charge in [0.25, 0.3) is 0 Å². The number of H-pyrrole nitrogens is 1. The number of aryl methyl sites for hydroxylation is 1. The number of anilines is 1. The van der Waals surface area contributed by atoms with E-state index in [0.29, 0.717) is 13.1 Å². The van der Waals surface area contributed by atoms with Gasteiger partial charge in [-0.25, -0.2) is 4.79 Å². The highest BCUT2D eigenvalue weighted by Gasteiger charge is 2.36. The molecule has 1 aliphatic heterocycles. The number of carbonyl (C=O) groups excluding carboxylic acids is 1. The first kappa shape index (κ1) is 15.6. The number of aromatic amines is 1. The van der Waals surface area contributed by atoms with Crippen LogP contribution in [0.1, 0.15) is 26.5 Å². The van der Waals surface area contributed by atoms with E-state index in [1.165, 1.54) is 0 Å². The van der Waals surface area contributed by atoms with Crippen molar-refractivity contribution in [2.45, 2.75) is 39.3 Å². The number of hydrogen-bond donors (Lipinski definition) is 1. The largest absolute Gasteiger partial charge is 0.444 e. The second kappa shape index (κ2) is 5.44. The number of likely N-dealkylation sites (tertiary alicyclic amines) is 1. The van der Waals surface area contributed by atoms with Gasteiger partial charge in [0.15, 0.2) is 0 Å². The van der Waals surface area contributed by atoms with Crippen molar-refractivity contribution in [1.29, 1.82) is 0 Å². The number of nitrogens with one attached hydrogen (secondary N) is 1. The first-order valence-corrected chi connectivity index (χ1v) is 7.90. The Labute approximate surface area is 136 Å². The number of fused-ring (bicyclic) bond motifs is 1. The Morgan fingerprint density at radius 1 is 1.43 bits per heavy atom. The predicted molar refractivity (Wildman–Crippen MR) is 90.8 cm³/mol. The zero-order valence-corrected chi connectivity index (χ0v) is 14.4. The van der Waals surface area contributed by atoms with Gasteiger partial charge in [-0.15, -0.1) is 0 Å². The Kier molecular flexibility index (Phi) is 3.70. The number of likely N-dealkylation sites (N-methyl/N-ethyl adjacent to an activating group) is 1. The van der Waals surface area contributed by atoms with Gasteiger partial charge in [0.05, 0.1) is 29.1 Å². The molecule has 0 radical (unpaired) electrons. The number of amides is 1. The molecule has 1 amide bonds. The lowest BCUT2D eigenvalue weighted by Crippen LogP contribution is -2.61. The van der Waals surface area contributed by atoms with Crippen LogP contribution in [0, 0.1) is 6.92 Å². The zero-order valence-electron chi connectivity index (χ0n) is 14.4. The number of carbonyl (C=O) groups is 1. The Balaban J connectivity index is 1.69. The number of hydrogen-bond acceptors (Lipinski definition) is 4. The fourth-order valence-corrected chi connectivity index (χ4v) is 2.83. The van der Waals surface area contributed by atoms with Crippen LogP contribution in [0.2, 0.25) is 0 Å². The van der Waals surface area contributed by atoms with Gasteiger partial charge < -0.3 is 19.5 Å². The molecule has 0 bridgehead atoms. The van der Waals surface area contributed by atoms with Crippen LogP contribution in [0.3, 0.4) is 0 Å². The van der Waals surface area contributed by atoms with Crippen molar-refractivity contribution in [3.63, 3.8) is 0 Å². The molecule has 3 rings (SSSR count). The molecule has 0 aromatic carbocycles.